The molecule has 1 heterocycles. The first-order valence-corrected chi connectivity index (χ1v) is 9.42. The fourth-order valence-electron chi connectivity index (χ4n) is 3.40. The van der Waals surface area contributed by atoms with E-state index in [9.17, 15) is 18.4 Å². The summed E-state index contributed by atoms with van der Waals surface area (Å²) in [6.07, 6.45) is 1.99. The standard InChI is InChI=1S/C21H21F2N3O2/c22-17-5-2-6-18(23)19(17)25-9-11-26(12-10-25)21(28)15-4-1-3-14(13-15)20(27)24-16-7-8-16/h1-6,13,16H,7-12H2,(H,24,27). The fourth-order valence-corrected chi connectivity index (χ4v) is 3.40. The van der Waals surface area contributed by atoms with E-state index in [2.05, 4.69) is 5.32 Å². The van der Waals surface area contributed by atoms with Crippen LogP contribution in [-0.2, 0) is 0 Å². The van der Waals surface area contributed by atoms with E-state index < -0.39 is 11.6 Å². The van der Waals surface area contributed by atoms with Gasteiger partial charge in [0.25, 0.3) is 11.8 Å². The molecule has 1 aliphatic carbocycles. The number of hydrogen-bond donors (Lipinski definition) is 1. The molecule has 4 rings (SSSR count). The Morgan fingerprint density at radius 1 is 0.893 bits per heavy atom. The van der Waals surface area contributed by atoms with Crippen LogP contribution in [0.1, 0.15) is 33.6 Å². The van der Waals surface area contributed by atoms with Gasteiger partial charge in [-0.15, -0.1) is 0 Å². The van der Waals surface area contributed by atoms with Gasteiger partial charge in [0.05, 0.1) is 0 Å². The molecule has 2 amide bonds. The minimum Gasteiger partial charge on any atom is -0.363 e. The van der Waals surface area contributed by atoms with Crippen LogP contribution in [-0.4, -0.2) is 48.9 Å². The number of nitrogens with one attached hydrogen (secondary N) is 1. The summed E-state index contributed by atoms with van der Waals surface area (Å²) in [5.74, 6) is -1.56. The number of benzene rings is 2. The molecule has 0 radical (unpaired) electrons. The summed E-state index contributed by atoms with van der Waals surface area (Å²) in [6.45, 7) is 1.38. The first kappa shape index (κ1) is 18.4. The van der Waals surface area contributed by atoms with Gasteiger partial charge in [-0.2, -0.15) is 0 Å². The third-order valence-electron chi connectivity index (χ3n) is 5.10. The summed E-state index contributed by atoms with van der Waals surface area (Å²) in [7, 11) is 0. The van der Waals surface area contributed by atoms with Gasteiger partial charge in [-0.25, -0.2) is 8.78 Å². The zero-order valence-corrected chi connectivity index (χ0v) is 15.3. The number of amides is 2. The molecule has 0 aromatic heterocycles. The highest BCUT2D eigenvalue weighted by Crippen LogP contribution is 2.25. The summed E-state index contributed by atoms with van der Waals surface area (Å²) in [5.41, 5.74) is 0.854. The Kier molecular flexibility index (Phi) is 4.98. The van der Waals surface area contributed by atoms with Crippen molar-refractivity contribution >= 4 is 17.5 Å². The molecule has 5 nitrogen and oxygen atoms in total. The molecule has 2 aromatic rings. The Bertz CT molecular complexity index is 886. The number of rotatable bonds is 4. The van der Waals surface area contributed by atoms with E-state index in [1.807, 2.05) is 0 Å². The lowest BCUT2D eigenvalue weighted by Crippen LogP contribution is -2.49. The minimum absolute atomic E-state index is 0.0478. The lowest BCUT2D eigenvalue weighted by molar-refractivity contribution is 0.0746. The van der Waals surface area contributed by atoms with Crippen LogP contribution in [0.3, 0.4) is 0 Å². The Morgan fingerprint density at radius 3 is 2.14 bits per heavy atom. The van der Waals surface area contributed by atoms with E-state index in [1.165, 1.54) is 18.2 Å². The second-order valence-corrected chi connectivity index (χ2v) is 7.18. The molecule has 1 aliphatic heterocycles. The highest BCUT2D eigenvalue weighted by Gasteiger charge is 2.27. The fraction of sp³-hybridized carbons (Fsp3) is 0.333. The SMILES string of the molecule is O=C(NC1CC1)c1cccc(C(=O)N2CCN(c3c(F)cccc3F)CC2)c1. The van der Waals surface area contributed by atoms with E-state index in [4.69, 9.17) is 0 Å². The highest BCUT2D eigenvalue weighted by atomic mass is 19.1. The summed E-state index contributed by atoms with van der Waals surface area (Å²) >= 11 is 0. The predicted molar refractivity (Wildman–Crippen MR) is 101 cm³/mol. The molecule has 2 aromatic carbocycles. The van der Waals surface area contributed by atoms with Crippen molar-refractivity contribution < 1.29 is 18.4 Å². The topological polar surface area (TPSA) is 52.7 Å². The molecular weight excluding hydrogens is 364 g/mol. The third-order valence-corrected chi connectivity index (χ3v) is 5.10. The maximum Gasteiger partial charge on any atom is 0.253 e. The lowest BCUT2D eigenvalue weighted by Gasteiger charge is -2.36. The van der Waals surface area contributed by atoms with Gasteiger partial charge >= 0.3 is 0 Å². The molecule has 0 spiro atoms. The zero-order valence-electron chi connectivity index (χ0n) is 15.3. The van der Waals surface area contributed by atoms with Crippen LogP contribution in [0, 0.1) is 11.6 Å². The summed E-state index contributed by atoms with van der Waals surface area (Å²) < 4.78 is 27.9. The average molecular weight is 385 g/mol. The normalized spacial score (nSPS) is 16.8. The Labute approximate surface area is 161 Å². The van der Waals surface area contributed by atoms with E-state index >= 15 is 0 Å². The number of nitrogens with zero attached hydrogens (tertiary/aromatic N) is 2. The third kappa shape index (κ3) is 3.83. The number of anilines is 1. The number of carbonyl (C=O) groups is 2. The van der Waals surface area contributed by atoms with Gasteiger partial charge in [-0.1, -0.05) is 12.1 Å². The van der Waals surface area contributed by atoms with Crippen LogP contribution in [0.4, 0.5) is 14.5 Å². The van der Waals surface area contributed by atoms with Gasteiger partial charge < -0.3 is 15.1 Å². The summed E-state index contributed by atoms with van der Waals surface area (Å²) in [6, 6.07) is 10.7. The van der Waals surface area contributed by atoms with Crippen molar-refractivity contribution in [1.29, 1.82) is 0 Å². The van der Waals surface area contributed by atoms with Crippen LogP contribution in [0.15, 0.2) is 42.5 Å². The maximum absolute atomic E-state index is 14.0. The van der Waals surface area contributed by atoms with Gasteiger partial charge in [0, 0.05) is 43.3 Å². The van der Waals surface area contributed by atoms with Gasteiger partial charge in [0.15, 0.2) is 0 Å². The predicted octanol–water partition coefficient (Wildman–Crippen LogP) is 2.82. The molecule has 1 saturated heterocycles. The Morgan fingerprint density at radius 2 is 1.50 bits per heavy atom. The molecule has 1 N–H and O–H groups in total. The molecule has 1 saturated carbocycles. The average Bonchev–Trinajstić information content (AvgIpc) is 3.52. The second-order valence-electron chi connectivity index (χ2n) is 7.18. The van der Waals surface area contributed by atoms with Crippen molar-refractivity contribution in [2.45, 2.75) is 18.9 Å². The van der Waals surface area contributed by atoms with Gasteiger partial charge in [-0.05, 0) is 43.2 Å². The largest absolute Gasteiger partial charge is 0.363 e. The van der Waals surface area contributed by atoms with Crippen molar-refractivity contribution in [2.24, 2.45) is 0 Å². The van der Waals surface area contributed by atoms with Crippen molar-refractivity contribution in [3.05, 3.63) is 65.2 Å². The van der Waals surface area contributed by atoms with Crippen LogP contribution in [0.2, 0.25) is 0 Å². The first-order valence-electron chi connectivity index (χ1n) is 9.42. The van der Waals surface area contributed by atoms with Crippen molar-refractivity contribution in [3.8, 4) is 0 Å². The van der Waals surface area contributed by atoms with E-state index in [0.717, 1.165) is 12.8 Å². The number of piperazine rings is 1. The Hall–Kier alpha value is -2.96. The van der Waals surface area contributed by atoms with Crippen molar-refractivity contribution in [1.82, 2.24) is 10.2 Å². The number of hydrogen-bond acceptors (Lipinski definition) is 3. The minimum atomic E-state index is -0.603. The van der Waals surface area contributed by atoms with Crippen molar-refractivity contribution in [3.63, 3.8) is 0 Å². The quantitative estimate of drug-likeness (QED) is 0.881. The van der Waals surface area contributed by atoms with Crippen LogP contribution >= 0.6 is 0 Å². The molecule has 2 fully saturated rings. The Balaban J connectivity index is 1.42. The first-order chi connectivity index (χ1) is 13.5. The van der Waals surface area contributed by atoms with E-state index in [-0.39, 0.29) is 23.5 Å². The summed E-state index contributed by atoms with van der Waals surface area (Å²) in [5, 5.41) is 2.91. The molecule has 28 heavy (non-hydrogen) atoms. The molecular formula is C21H21F2N3O2. The maximum atomic E-state index is 14.0. The van der Waals surface area contributed by atoms with Crippen LogP contribution in [0.5, 0.6) is 0 Å². The van der Waals surface area contributed by atoms with Crippen LogP contribution in [0.25, 0.3) is 0 Å². The smallest absolute Gasteiger partial charge is 0.253 e. The monoisotopic (exact) mass is 385 g/mol. The zero-order chi connectivity index (χ0) is 19.7. The molecule has 7 heteroatoms. The van der Waals surface area contributed by atoms with E-state index in [0.29, 0.717) is 37.3 Å². The number of halogens is 2. The van der Waals surface area contributed by atoms with Gasteiger partial charge in [-0.3, -0.25) is 9.59 Å². The molecule has 0 atom stereocenters. The second kappa shape index (κ2) is 7.58. The van der Waals surface area contributed by atoms with E-state index in [1.54, 1.807) is 34.1 Å². The highest BCUT2D eigenvalue weighted by molar-refractivity contribution is 6.00. The molecule has 0 unspecified atom stereocenters. The lowest BCUT2D eigenvalue weighted by atomic mass is 10.1. The van der Waals surface area contributed by atoms with Gasteiger partial charge in [0.1, 0.15) is 17.3 Å². The molecule has 0 bridgehead atoms. The number of para-hydroxylation sites is 1. The van der Waals surface area contributed by atoms with Crippen molar-refractivity contribution in [2.75, 3.05) is 31.1 Å². The molecule has 2 aliphatic rings. The van der Waals surface area contributed by atoms with Crippen LogP contribution < -0.4 is 10.2 Å². The molecule has 146 valence electrons. The summed E-state index contributed by atoms with van der Waals surface area (Å²) in [4.78, 5) is 28.3. The van der Waals surface area contributed by atoms with Gasteiger partial charge in [0.2, 0.25) is 0 Å². The number of carbonyl (C=O) groups excluding carboxylic acids is 2.